The Bertz CT molecular complexity index is 801. The van der Waals surface area contributed by atoms with Crippen molar-refractivity contribution in [3.63, 3.8) is 0 Å². The number of pyridine rings is 1. The molecule has 1 saturated heterocycles. The fourth-order valence-electron chi connectivity index (χ4n) is 2.95. The second-order valence-electron chi connectivity index (χ2n) is 5.75. The molecule has 1 fully saturated rings. The van der Waals surface area contributed by atoms with Crippen molar-refractivity contribution in [1.82, 2.24) is 20.1 Å². The minimum absolute atomic E-state index is 0.0539. The Hall–Kier alpha value is -2.22. The fourth-order valence-corrected chi connectivity index (χ4v) is 3.80. The zero-order chi connectivity index (χ0) is 16.4. The molecule has 3 rings (SSSR count). The summed E-state index contributed by atoms with van der Waals surface area (Å²) in [5.41, 5.74) is 1.19. The van der Waals surface area contributed by atoms with Gasteiger partial charge in [-0.05, 0) is 25.0 Å². The molecule has 7 nitrogen and oxygen atoms in total. The monoisotopic (exact) mass is 334 g/mol. The topological polar surface area (TPSA) is 96.0 Å². The molecule has 0 unspecified atom stereocenters. The Morgan fingerprint density at radius 3 is 2.78 bits per heavy atom. The highest BCUT2D eigenvalue weighted by Gasteiger charge is 2.30. The van der Waals surface area contributed by atoms with Gasteiger partial charge >= 0.3 is 0 Å². The van der Waals surface area contributed by atoms with Gasteiger partial charge in [-0.3, -0.25) is 14.9 Å². The average molecular weight is 334 g/mol. The van der Waals surface area contributed by atoms with E-state index in [1.807, 2.05) is 0 Å². The molecule has 1 aliphatic heterocycles. The molecule has 0 saturated carbocycles. The van der Waals surface area contributed by atoms with Crippen molar-refractivity contribution < 1.29 is 13.2 Å². The number of H-pyrrole nitrogens is 1. The smallest absolute Gasteiger partial charge is 0.253 e. The van der Waals surface area contributed by atoms with Crippen molar-refractivity contribution in [2.75, 3.05) is 19.3 Å². The first-order valence-corrected chi connectivity index (χ1v) is 9.28. The van der Waals surface area contributed by atoms with Gasteiger partial charge in [0, 0.05) is 43.2 Å². The third-order valence-electron chi connectivity index (χ3n) is 4.08. The molecule has 122 valence electrons. The Morgan fingerprint density at radius 1 is 1.35 bits per heavy atom. The molecule has 0 aliphatic carbocycles. The number of hydrogen-bond acceptors (Lipinski definition) is 5. The van der Waals surface area contributed by atoms with Gasteiger partial charge in [0.1, 0.15) is 4.90 Å². The van der Waals surface area contributed by atoms with Crippen LogP contribution in [0.25, 0.3) is 0 Å². The predicted octanol–water partition coefficient (Wildman–Crippen LogP) is 1.23. The van der Waals surface area contributed by atoms with E-state index in [2.05, 4.69) is 15.2 Å². The lowest BCUT2D eigenvalue weighted by Gasteiger charge is -2.32. The van der Waals surface area contributed by atoms with Gasteiger partial charge in [-0.1, -0.05) is 0 Å². The molecule has 8 heteroatoms. The minimum atomic E-state index is -3.33. The van der Waals surface area contributed by atoms with Gasteiger partial charge in [-0.2, -0.15) is 5.10 Å². The number of aromatic nitrogens is 3. The number of nitrogens with one attached hydrogen (secondary N) is 1. The SMILES string of the molecule is CS(=O)(=O)c1cn[nH]c1[C@@H]1CCCN(C(=O)c2ccncc2)C1. The van der Waals surface area contributed by atoms with Gasteiger partial charge in [0.25, 0.3) is 5.91 Å². The van der Waals surface area contributed by atoms with Crippen molar-refractivity contribution in [2.24, 2.45) is 0 Å². The summed E-state index contributed by atoms with van der Waals surface area (Å²) in [5, 5.41) is 6.68. The third-order valence-corrected chi connectivity index (χ3v) is 5.20. The van der Waals surface area contributed by atoms with E-state index in [-0.39, 0.29) is 16.7 Å². The molecule has 0 spiro atoms. The number of carbonyl (C=O) groups is 1. The van der Waals surface area contributed by atoms with Crippen molar-refractivity contribution in [1.29, 1.82) is 0 Å². The van der Waals surface area contributed by atoms with Crippen LogP contribution in [-0.4, -0.2) is 53.8 Å². The number of rotatable bonds is 3. The van der Waals surface area contributed by atoms with E-state index in [0.29, 0.717) is 24.3 Å². The lowest BCUT2D eigenvalue weighted by atomic mass is 9.94. The van der Waals surface area contributed by atoms with E-state index < -0.39 is 9.84 Å². The molecule has 3 heterocycles. The van der Waals surface area contributed by atoms with Gasteiger partial charge in [0.2, 0.25) is 0 Å². The molecular weight excluding hydrogens is 316 g/mol. The summed E-state index contributed by atoms with van der Waals surface area (Å²) in [6, 6.07) is 3.37. The Balaban J connectivity index is 1.82. The molecule has 0 radical (unpaired) electrons. The van der Waals surface area contributed by atoms with E-state index in [9.17, 15) is 13.2 Å². The number of amides is 1. The summed E-state index contributed by atoms with van der Waals surface area (Å²) in [5.74, 6) is -0.112. The quantitative estimate of drug-likeness (QED) is 0.910. The predicted molar refractivity (Wildman–Crippen MR) is 83.8 cm³/mol. The molecule has 2 aromatic rings. The van der Waals surface area contributed by atoms with Crippen LogP contribution in [0.15, 0.2) is 35.6 Å². The highest BCUT2D eigenvalue weighted by Crippen LogP contribution is 2.30. The second-order valence-corrected chi connectivity index (χ2v) is 7.73. The first-order chi connectivity index (χ1) is 11.0. The van der Waals surface area contributed by atoms with Crippen molar-refractivity contribution >= 4 is 15.7 Å². The largest absolute Gasteiger partial charge is 0.338 e. The summed E-state index contributed by atoms with van der Waals surface area (Å²) >= 11 is 0. The van der Waals surface area contributed by atoms with Gasteiger partial charge in [0.05, 0.1) is 11.9 Å². The lowest BCUT2D eigenvalue weighted by molar-refractivity contribution is 0.0705. The number of piperidine rings is 1. The van der Waals surface area contributed by atoms with Crippen LogP contribution in [0.5, 0.6) is 0 Å². The summed E-state index contributed by atoms with van der Waals surface area (Å²) < 4.78 is 23.7. The van der Waals surface area contributed by atoms with E-state index in [1.54, 1.807) is 29.4 Å². The van der Waals surface area contributed by atoms with Gasteiger partial charge in [-0.25, -0.2) is 8.42 Å². The number of likely N-dealkylation sites (tertiary alicyclic amines) is 1. The first kappa shape index (κ1) is 15.7. The molecule has 1 N–H and O–H groups in total. The van der Waals surface area contributed by atoms with E-state index in [0.717, 1.165) is 12.8 Å². The summed E-state index contributed by atoms with van der Waals surface area (Å²) in [7, 11) is -3.33. The van der Waals surface area contributed by atoms with E-state index in [4.69, 9.17) is 0 Å². The molecule has 1 aliphatic rings. The Kier molecular flexibility index (Phi) is 4.16. The lowest BCUT2D eigenvalue weighted by Crippen LogP contribution is -2.39. The highest BCUT2D eigenvalue weighted by molar-refractivity contribution is 7.90. The maximum atomic E-state index is 12.6. The van der Waals surface area contributed by atoms with Crippen LogP contribution >= 0.6 is 0 Å². The summed E-state index contributed by atoms with van der Waals surface area (Å²) in [6.45, 7) is 1.14. The van der Waals surface area contributed by atoms with Gasteiger partial charge in [0.15, 0.2) is 9.84 Å². The molecule has 1 amide bonds. The molecule has 0 aromatic carbocycles. The number of carbonyl (C=O) groups excluding carboxylic acids is 1. The average Bonchev–Trinajstić information content (AvgIpc) is 3.05. The van der Waals surface area contributed by atoms with Crippen LogP contribution in [0.2, 0.25) is 0 Å². The van der Waals surface area contributed by atoms with Crippen LogP contribution in [0, 0.1) is 0 Å². The molecule has 0 bridgehead atoms. The van der Waals surface area contributed by atoms with Gasteiger partial charge < -0.3 is 4.90 Å². The van der Waals surface area contributed by atoms with Crippen molar-refractivity contribution in [2.45, 2.75) is 23.7 Å². The van der Waals surface area contributed by atoms with Crippen molar-refractivity contribution in [3.05, 3.63) is 42.0 Å². The Labute approximate surface area is 134 Å². The summed E-state index contributed by atoms with van der Waals surface area (Å²) in [4.78, 5) is 18.5. The van der Waals surface area contributed by atoms with Crippen molar-refractivity contribution in [3.8, 4) is 0 Å². The minimum Gasteiger partial charge on any atom is -0.338 e. The van der Waals surface area contributed by atoms with Crippen LogP contribution in [-0.2, 0) is 9.84 Å². The maximum Gasteiger partial charge on any atom is 0.253 e. The molecule has 2 aromatic heterocycles. The zero-order valence-corrected chi connectivity index (χ0v) is 13.6. The third kappa shape index (κ3) is 3.26. The number of hydrogen-bond donors (Lipinski definition) is 1. The number of aromatic amines is 1. The standard InChI is InChI=1S/C15H18N4O3S/c1-23(21,22)13-9-17-18-14(13)12-3-2-8-19(10-12)15(20)11-4-6-16-7-5-11/h4-7,9,12H,2-3,8,10H2,1H3,(H,17,18)/t12-/m1/s1. The number of sulfone groups is 1. The second kappa shape index (κ2) is 6.11. The number of nitrogens with zero attached hydrogens (tertiary/aromatic N) is 3. The normalized spacial score (nSPS) is 18.8. The first-order valence-electron chi connectivity index (χ1n) is 7.39. The summed E-state index contributed by atoms with van der Waals surface area (Å²) in [6.07, 6.45) is 7.34. The van der Waals surface area contributed by atoms with Gasteiger partial charge in [-0.15, -0.1) is 0 Å². The van der Waals surface area contributed by atoms with Crippen LogP contribution < -0.4 is 0 Å². The highest BCUT2D eigenvalue weighted by atomic mass is 32.2. The van der Waals surface area contributed by atoms with E-state index >= 15 is 0 Å². The van der Waals surface area contributed by atoms with Crippen LogP contribution in [0.4, 0.5) is 0 Å². The molecule has 1 atom stereocenters. The van der Waals surface area contributed by atoms with Crippen LogP contribution in [0.3, 0.4) is 0 Å². The van der Waals surface area contributed by atoms with Crippen LogP contribution in [0.1, 0.15) is 34.8 Å². The molecule has 23 heavy (non-hydrogen) atoms. The zero-order valence-electron chi connectivity index (χ0n) is 12.8. The maximum absolute atomic E-state index is 12.6. The Morgan fingerprint density at radius 2 is 2.09 bits per heavy atom. The molecular formula is C15H18N4O3S. The van der Waals surface area contributed by atoms with E-state index in [1.165, 1.54) is 12.5 Å². The fraction of sp³-hybridized carbons (Fsp3) is 0.400.